The topological polar surface area (TPSA) is 125 Å². The molecule has 0 saturated carbocycles. The second-order valence-electron chi connectivity index (χ2n) is 7.04. The van der Waals surface area contributed by atoms with Gasteiger partial charge in [0.15, 0.2) is 0 Å². The molecule has 1 aromatic carbocycles. The number of carbonyl (C=O) groups excluding carboxylic acids is 2. The van der Waals surface area contributed by atoms with Gasteiger partial charge in [-0.05, 0) is 56.2 Å². The molecule has 3 N–H and O–H groups in total. The molecule has 2 rings (SSSR count). The van der Waals surface area contributed by atoms with Crippen LogP contribution in [-0.4, -0.2) is 56.5 Å². The lowest BCUT2D eigenvalue weighted by Crippen LogP contribution is -2.47. The van der Waals surface area contributed by atoms with Gasteiger partial charge < -0.3 is 14.9 Å². The second kappa shape index (κ2) is 12.7. The van der Waals surface area contributed by atoms with E-state index in [-0.39, 0.29) is 24.9 Å². The first kappa shape index (κ1) is 25.2. The number of amidine groups is 1. The van der Waals surface area contributed by atoms with Gasteiger partial charge in [0.2, 0.25) is 0 Å². The Morgan fingerprint density at radius 2 is 2.06 bits per heavy atom. The smallest absolute Gasteiger partial charge is 0.305 e. The van der Waals surface area contributed by atoms with Gasteiger partial charge >= 0.3 is 5.97 Å². The summed E-state index contributed by atoms with van der Waals surface area (Å²) < 4.78 is 9.61. The average molecular weight is 462 g/mol. The normalized spacial score (nSPS) is 15.6. The third-order valence-electron chi connectivity index (χ3n) is 4.65. The number of hydrogen-bond acceptors (Lipinski definition) is 8. The van der Waals surface area contributed by atoms with E-state index in [0.717, 1.165) is 11.1 Å². The molecule has 0 aliphatic carbocycles. The molecule has 0 bridgehead atoms. The van der Waals surface area contributed by atoms with Crippen LogP contribution < -0.4 is 10.9 Å². The summed E-state index contributed by atoms with van der Waals surface area (Å²) in [7, 11) is 2.75. The number of allylic oxidation sites excluding steroid dienone is 2. The predicted octanol–water partition coefficient (Wildman–Crippen LogP) is 3.14. The average Bonchev–Trinajstić information content (AvgIpc) is 2.92. The largest absolute Gasteiger partial charge is 0.469 e. The highest BCUT2D eigenvalue weighted by Crippen LogP contribution is 2.30. The van der Waals surface area contributed by atoms with Crippen molar-refractivity contribution < 1.29 is 19.1 Å². The summed E-state index contributed by atoms with van der Waals surface area (Å²) in [5, 5.41) is 7.78. The van der Waals surface area contributed by atoms with Gasteiger partial charge in [-0.1, -0.05) is 17.7 Å². The molecule has 0 radical (unpaired) electrons. The van der Waals surface area contributed by atoms with Gasteiger partial charge in [0.25, 0.3) is 5.91 Å². The zero-order chi connectivity index (χ0) is 23.5. The van der Waals surface area contributed by atoms with Crippen LogP contribution in [0.4, 0.5) is 5.69 Å². The fraction of sp³-hybridized carbons (Fsp3) is 0.409. The van der Waals surface area contributed by atoms with Crippen molar-refractivity contribution in [3.05, 3.63) is 40.4 Å². The fourth-order valence-corrected chi connectivity index (χ4v) is 3.22. The van der Waals surface area contributed by atoms with Crippen molar-refractivity contribution in [3.63, 3.8) is 0 Å². The zero-order valence-corrected chi connectivity index (χ0v) is 19.2. The highest BCUT2D eigenvalue weighted by molar-refractivity contribution is 6.31. The van der Waals surface area contributed by atoms with Crippen molar-refractivity contribution in [1.82, 2.24) is 10.9 Å². The van der Waals surface area contributed by atoms with Gasteiger partial charge in [0.05, 0.1) is 18.5 Å². The molecule has 10 heteroatoms. The van der Waals surface area contributed by atoms with Gasteiger partial charge in [0.1, 0.15) is 18.5 Å². The summed E-state index contributed by atoms with van der Waals surface area (Å²) in [5.41, 5.74) is 8.33. The number of rotatable bonds is 9. The molecule has 0 saturated heterocycles. The van der Waals surface area contributed by atoms with Gasteiger partial charge in [0, 0.05) is 24.1 Å². The second-order valence-corrected chi connectivity index (χ2v) is 7.48. The quantitative estimate of drug-likeness (QED) is 0.225. The number of unbranched alkanes of at least 4 members (excludes halogenated alkanes) is 1. The molecule has 32 heavy (non-hydrogen) atoms. The van der Waals surface area contributed by atoms with E-state index in [0.29, 0.717) is 41.5 Å². The van der Waals surface area contributed by atoms with Crippen LogP contribution in [0, 0.1) is 5.41 Å². The van der Waals surface area contributed by atoms with Crippen LogP contribution in [0.15, 0.2) is 39.8 Å². The zero-order valence-electron chi connectivity index (χ0n) is 18.4. The number of carbonyl (C=O) groups is 2. The summed E-state index contributed by atoms with van der Waals surface area (Å²) in [4.78, 5) is 33.3. The van der Waals surface area contributed by atoms with Crippen LogP contribution in [-0.2, 0) is 19.1 Å². The molecule has 1 heterocycles. The van der Waals surface area contributed by atoms with Crippen LogP contribution >= 0.6 is 11.6 Å². The van der Waals surface area contributed by atoms with Crippen LogP contribution in [0.3, 0.4) is 0 Å². The summed E-state index contributed by atoms with van der Waals surface area (Å²) >= 11 is 6.26. The Morgan fingerprint density at radius 3 is 2.75 bits per heavy atom. The summed E-state index contributed by atoms with van der Waals surface area (Å²) in [6.45, 7) is 1.81. The molecule has 1 aliphatic heterocycles. The van der Waals surface area contributed by atoms with Crippen LogP contribution in [0.25, 0.3) is 0 Å². The van der Waals surface area contributed by atoms with Crippen LogP contribution in [0.1, 0.15) is 38.2 Å². The number of ether oxygens (including phenoxy) is 2. The number of nitrogens with one attached hydrogen (secondary N) is 3. The molecule has 0 aromatic heterocycles. The summed E-state index contributed by atoms with van der Waals surface area (Å²) in [6.07, 6.45) is 5.11. The van der Waals surface area contributed by atoms with E-state index >= 15 is 0 Å². The Hall–Kier alpha value is -3.04. The van der Waals surface area contributed by atoms with E-state index < -0.39 is 6.04 Å². The Bertz CT molecular complexity index is 942. The Balaban J connectivity index is 2.50. The summed E-state index contributed by atoms with van der Waals surface area (Å²) in [6, 6.07) is 4.74. The number of hydrogen-bond donors (Lipinski definition) is 3. The first-order valence-electron chi connectivity index (χ1n) is 10.1. The maximum Gasteiger partial charge on any atom is 0.305 e. The predicted molar refractivity (Wildman–Crippen MR) is 125 cm³/mol. The van der Waals surface area contributed by atoms with Crippen molar-refractivity contribution in [2.75, 3.05) is 20.8 Å². The minimum absolute atomic E-state index is 0.122. The Morgan fingerprint density at radius 1 is 1.28 bits per heavy atom. The van der Waals surface area contributed by atoms with E-state index in [2.05, 4.69) is 15.8 Å². The van der Waals surface area contributed by atoms with E-state index in [1.807, 2.05) is 13.0 Å². The van der Waals surface area contributed by atoms with E-state index in [9.17, 15) is 9.59 Å². The SMILES string of the molecule is COCC(=O)NNC1=Nc2ccc(Cl)cc2C(/C(C)=C/CCC=N)=N[C@H]1CCC(=O)OC. The molecule has 0 unspecified atom stereocenters. The van der Waals surface area contributed by atoms with Crippen molar-refractivity contribution in [2.45, 2.75) is 38.6 Å². The molecule has 172 valence electrons. The molecule has 0 spiro atoms. The van der Waals surface area contributed by atoms with Gasteiger partial charge in [-0.15, -0.1) is 0 Å². The number of esters is 1. The number of fused-ring (bicyclic) bond motifs is 1. The first-order chi connectivity index (χ1) is 15.4. The lowest BCUT2D eigenvalue weighted by Gasteiger charge is -2.17. The first-order valence-corrected chi connectivity index (χ1v) is 10.5. The minimum Gasteiger partial charge on any atom is -0.469 e. The third kappa shape index (κ3) is 7.28. The van der Waals surface area contributed by atoms with E-state index in [1.54, 1.807) is 18.2 Å². The maximum absolute atomic E-state index is 11.9. The molecule has 0 fully saturated rings. The minimum atomic E-state index is -0.552. The maximum atomic E-state index is 11.9. The van der Waals surface area contributed by atoms with Gasteiger partial charge in [-0.2, -0.15) is 0 Å². The lowest BCUT2D eigenvalue weighted by atomic mass is 10.00. The van der Waals surface area contributed by atoms with E-state index in [1.165, 1.54) is 20.4 Å². The molecule has 1 amide bonds. The number of nitrogens with zero attached hydrogens (tertiary/aromatic N) is 2. The van der Waals surface area contributed by atoms with E-state index in [4.69, 9.17) is 31.5 Å². The molecule has 9 nitrogen and oxygen atoms in total. The number of halogens is 1. The molecular formula is C22H28ClN5O4. The fourth-order valence-electron chi connectivity index (χ4n) is 3.05. The third-order valence-corrected chi connectivity index (χ3v) is 4.88. The van der Waals surface area contributed by atoms with Crippen molar-refractivity contribution in [1.29, 1.82) is 5.41 Å². The van der Waals surface area contributed by atoms with Crippen LogP contribution in [0.5, 0.6) is 0 Å². The number of hydrazine groups is 1. The van der Waals surface area contributed by atoms with Crippen molar-refractivity contribution in [2.24, 2.45) is 9.98 Å². The van der Waals surface area contributed by atoms with Crippen LogP contribution in [0.2, 0.25) is 5.02 Å². The molecule has 1 aliphatic rings. The Kier molecular flexibility index (Phi) is 10.0. The number of aliphatic imine (C=N–C) groups is 2. The van der Waals surface area contributed by atoms with Crippen molar-refractivity contribution in [3.8, 4) is 0 Å². The highest BCUT2D eigenvalue weighted by atomic mass is 35.5. The summed E-state index contributed by atoms with van der Waals surface area (Å²) in [5.74, 6) is -0.369. The highest BCUT2D eigenvalue weighted by Gasteiger charge is 2.25. The lowest BCUT2D eigenvalue weighted by molar-refractivity contribution is -0.140. The number of amides is 1. The Labute approximate surface area is 192 Å². The monoisotopic (exact) mass is 461 g/mol. The number of benzene rings is 1. The molecule has 1 aromatic rings. The van der Waals surface area contributed by atoms with Crippen molar-refractivity contribution >= 4 is 46.9 Å². The standard InChI is InChI=1S/C22H28ClN5O4/c1-14(6-4-5-11-24)21-16-12-15(23)7-8-17(16)26-22(28-27-19(29)13-31-2)18(25-21)9-10-20(30)32-3/h6-8,11-12,18,24H,4-5,9-10,13H2,1-3H3,(H,26,28)(H,27,29)/b14-6+,24-11?/t18-/m0/s1. The number of methoxy groups -OCH3 is 2. The van der Waals surface area contributed by atoms with Gasteiger partial charge in [-0.25, -0.2) is 4.99 Å². The van der Waals surface area contributed by atoms with Gasteiger partial charge in [-0.3, -0.25) is 25.4 Å². The molecule has 1 atom stereocenters. The molecular weight excluding hydrogens is 434 g/mol.